The normalized spacial score (nSPS) is 12.7. The van der Waals surface area contributed by atoms with Gasteiger partial charge in [-0.3, -0.25) is 0 Å². The predicted molar refractivity (Wildman–Crippen MR) is 66.3 cm³/mol. The largest absolute Gasteiger partial charge is 0.469 e. The smallest absolute Gasteiger partial charge is 0.109 e. The summed E-state index contributed by atoms with van der Waals surface area (Å²) in [4.78, 5) is 0. The van der Waals surface area contributed by atoms with Crippen LogP contribution in [-0.2, 0) is 6.42 Å². The molecule has 0 aliphatic rings. The van der Waals surface area contributed by atoms with Gasteiger partial charge in [0.25, 0.3) is 0 Å². The third kappa shape index (κ3) is 2.20. The Kier molecular flexibility index (Phi) is 3.46. The molecule has 1 N–H and O–H groups in total. The fourth-order valence-electron chi connectivity index (χ4n) is 1.71. The molecule has 1 unspecified atom stereocenters. The number of rotatable bonds is 3. The Morgan fingerprint density at radius 3 is 2.56 bits per heavy atom. The van der Waals surface area contributed by atoms with Gasteiger partial charge in [-0.25, -0.2) is 0 Å². The third-order valence-electron chi connectivity index (χ3n) is 2.58. The van der Waals surface area contributed by atoms with E-state index < -0.39 is 6.10 Å². The first kappa shape index (κ1) is 11.4. The molecule has 0 saturated heterocycles. The maximum Gasteiger partial charge on any atom is 0.109 e. The molecule has 2 rings (SSSR count). The molecule has 0 aliphatic carbocycles. The first-order chi connectivity index (χ1) is 7.72. The fraction of sp³-hybridized carbons (Fsp3) is 0.231. The lowest BCUT2D eigenvalue weighted by Gasteiger charge is -2.10. The van der Waals surface area contributed by atoms with Crippen molar-refractivity contribution in [2.24, 2.45) is 0 Å². The van der Waals surface area contributed by atoms with Gasteiger partial charge in [-0.2, -0.15) is 0 Å². The molecule has 0 spiro atoms. The summed E-state index contributed by atoms with van der Waals surface area (Å²) in [6.45, 7) is 2.01. The zero-order valence-electron chi connectivity index (χ0n) is 8.98. The van der Waals surface area contributed by atoms with Crippen molar-refractivity contribution in [3.63, 3.8) is 0 Å². The molecule has 0 saturated carbocycles. The van der Waals surface area contributed by atoms with E-state index in [1.165, 1.54) is 0 Å². The Balaban J connectivity index is 2.31. The van der Waals surface area contributed by atoms with Gasteiger partial charge in [-0.05, 0) is 23.8 Å². The molecular formula is C13H13BrO2. The summed E-state index contributed by atoms with van der Waals surface area (Å²) in [5, 5.41) is 10.2. The topological polar surface area (TPSA) is 33.4 Å². The molecule has 2 nitrogen and oxygen atoms in total. The van der Waals surface area contributed by atoms with Gasteiger partial charge in [0.2, 0.25) is 0 Å². The van der Waals surface area contributed by atoms with E-state index in [1.807, 2.05) is 37.3 Å². The molecule has 1 aromatic carbocycles. The minimum atomic E-state index is -0.609. The Morgan fingerprint density at radius 2 is 1.94 bits per heavy atom. The molecule has 1 aromatic heterocycles. The Morgan fingerprint density at radius 1 is 1.25 bits per heavy atom. The molecule has 0 fully saturated rings. The van der Waals surface area contributed by atoms with Crippen LogP contribution in [0.25, 0.3) is 0 Å². The van der Waals surface area contributed by atoms with E-state index in [0.29, 0.717) is 0 Å². The first-order valence-corrected chi connectivity index (χ1v) is 6.01. The van der Waals surface area contributed by atoms with Gasteiger partial charge in [0.15, 0.2) is 0 Å². The predicted octanol–water partition coefficient (Wildman–Crippen LogP) is 3.69. The molecule has 1 atom stereocenters. The summed E-state index contributed by atoms with van der Waals surface area (Å²) in [6, 6.07) is 9.47. The van der Waals surface area contributed by atoms with E-state index in [0.717, 1.165) is 27.8 Å². The summed E-state index contributed by atoms with van der Waals surface area (Å²) in [5.74, 6) is 0.843. The number of furan rings is 1. The van der Waals surface area contributed by atoms with E-state index in [4.69, 9.17) is 4.42 Å². The standard InChI is InChI=1S/C13H13BrO2/c1-2-12-11(7-8-16-12)13(15)9-3-5-10(14)6-4-9/h3-8,13,15H,2H2,1H3. The van der Waals surface area contributed by atoms with Gasteiger partial charge in [-0.15, -0.1) is 0 Å². The van der Waals surface area contributed by atoms with Crippen LogP contribution in [0.15, 0.2) is 45.5 Å². The Bertz CT molecular complexity index is 459. The lowest BCUT2D eigenvalue weighted by Crippen LogP contribution is -2.00. The second kappa shape index (κ2) is 4.85. The molecule has 0 aliphatic heterocycles. The van der Waals surface area contributed by atoms with Crippen molar-refractivity contribution in [2.75, 3.05) is 0 Å². The number of hydrogen-bond donors (Lipinski definition) is 1. The summed E-state index contributed by atoms with van der Waals surface area (Å²) in [5.41, 5.74) is 1.73. The van der Waals surface area contributed by atoms with Gasteiger partial charge in [0, 0.05) is 16.5 Å². The van der Waals surface area contributed by atoms with Crippen molar-refractivity contribution in [3.8, 4) is 0 Å². The van der Waals surface area contributed by atoms with Crippen LogP contribution in [0.4, 0.5) is 0 Å². The van der Waals surface area contributed by atoms with Crippen molar-refractivity contribution in [3.05, 3.63) is 58.0 Å². The highest BCUT2D eigenvalue weighted by atomic mass is 79.9. The van der Waals surface area contributed by atoms with Gasteiger partial charge in [0.1, 0.15) is 11.9 Å². The molecule has 84 valence electrons. The van der Waals surface area contributed by atoms with Crippen LogP contribution in [0.3, 0.4) is 0 Å². The van der Waals surface area contributed by atoms with Crippen LogP contribution in [0.5, 0.6) is 0 Å². The quantitative estimate of drug-likeness (QED) is 0.930. The van der Waals surface area contributed by atoms with Crippen molar-refractivity contribution in [2.45, 2.75) is 19.4 Å². The number of benzene rings is 1. The second-order valence-electron chi connectivity index (χ2n) is 3.61. The van der Waals surface area contributed by atoms with Crippen molar-refractivity contribution in [1.82, 2.24) is 0 Å². The van der Waals surface area contributed by atoms with Gasteiger partial charge in [-0.1, -0.05) is 35.0 Å². The van der Waals surface area contributed by atoms with E-state index in [-0.39, 0.29) is 0 Å². The lowest BCUT2D eigenvalue weighted by molar-refractivity contribution is 0.217. The minimum Gasteiger partial charge on any atom is -0.469 e. The first-order valence-electron chi connectivity index (χ1n) is 5.22. The molecule has 1 heterocycles. The molecule has 2 aromatic rings. The zero-order chi connectivity index (χ0) is 11.5. The number of aliphatic hydroxyl groups is 1. The number of aryl methyl sites for hydroxylation is 1. The molecule has 3 heteroatoms. The highest BCUT2D eigenvalue weighted by Crippen LogP contribution is 2.27. The third-order valence-corrected chi connectivity index (χ3v) is 3.11. The van der Waals surface area contributed by atoms with Gasteiger partial charge < -0.3 is 9.52 Å². The van der Waals surface area contributed by atoms with Crippen molar-refractivity contribution < 1.29 is 9.52 Å². The molecule has 0 amide bonds. The van der Waals surface area contributed by atoms with E-state index in [2.05, 4.69) is 15.9 Å². The summed E-state index contributed by atoms with van der Waals surface area (Å²) < 4.78 is 6.32. The summed E-state index contributed by atoms with van der Waals surface area (Å²) in [7, 11) is 0. The fourth-order valence-corrected chi connectivity index (χ4v) is 1.97. The van der Waals surface area contributed by atoms with Crippen LogP contribution in [0, 0.1) is 0 Å². The van der Waals surface area contributed by atoms with E-state index in [1.54, 1.807) is 6.26 Å². The Hall–Kier alpha value is -1.06. The minimum absolute atomic E-state index is 0.609. The van der Waals surface area contributed by atoms with Crippen LogP contribution < -0.4 is 0 Å². The van der Waals surface area contributed by atoms with Gasteiger partial charge >= 0.3 is 0 Å². The molecule has 16 heavy (non-hydrogen) atoms. The monoisotopic (exact) mass is 280 g/mol. The zero-order valence-corrected chi connectivity index (χ0v) is 10.6. The van der Waals surface area contributed by atoms with Crippen LogP contribution in [0.2, 0.25) is 0 Å². The maximum absolute atomic E-state index is 10.2. The number of aliphatic hydroxyl groups excluding tert-OH is 1. The molecular weight excluding hydrogens is 268 g/mol. The SMILES string of the molecule is CCc1occc1C(O)c1ccc(Br)cc1. The second-order valence-corrected chi connectivity index (χ2v) is 4.52. The summed E-state index contributed by atoms with van der Waals surface area (Å²) in [6.07, 6.45) is 1.80. The van der Waals surface area contributed by atoms with Crippen LogP contribution >= 0.6 is 15.9 Å². The van der Waals surface area contributed by atoms with E-state index in [9.17, 15) is 5.11 Å². The Labute approximate surface area is 103 Å². The average Bonchev–Trinajstić information content (AvgIpc) is 2.77. The number of halogens is 1. The molecule has 0 bridgehead atoms. The van der Waals surface area contributed by atoms with Crippen LogP contribution in [0.1, 0.15) is 29.9 Å². The van der Waals surface area contributed by atoms with Crippen molar-refractivity contribution in [1.29, 1.82) is 0 Å². The van der Waals surface area contributed by atoms with Crippen LogP contribution in [-0.4, -0.2) is 5.11 Å². The van der Waals surface area contributed by atoms with Crippen molar-refractivity contribution >= 4 is 15.9 Å². The van der Waals surface area contributed by atoms with Gasteiger partial charge in [0.05, 0.1) is 6.26 Å². The average molecular weight is 281 g/mol. The number of hydrogen-bond acceptors (Lipinski definition) is 2. The highest BCUT2D eigenvalue weighted by molar-refractivity contribution is 9.10. The highest BCUT2D eigenvalue weighted by Gasteiger charge is 2.15. The lowest BCUT2D eigenvalue weighted by atomic mass is 10.0. The molecule has 0 radical (unpaired) electrons. The summed E-state index contributed by atoms with van der Waals surface area (Å²) >= 11 is 3.37. The van der Waals surface area contributed by atoms with E-state index >= 15 is 0 Å². The maximum atomic E-state index is 10.2.